The molecule has 1 fully saturated rings. The molecule has 10 nitrogen and oxygen atoms in total. The predicted octanol–water partition coefficient (Wildman–Crippen LogP) is 2.45. The molecule has 0 unspecified atom stereocenters. The Bertz CT molecular complexity index is 1050. The number of anilines is 4. The first-order chi connectivity index (χ1) is 14.5. The highest BCUT2D eigenvalue weighted by Crippen LogP contribution is 2.27. The van der Waals surface area contributed by atoms with Gasteiger partial charge in [0.05, 0.1) is 11.9 Å². The van der Waals surface area contributed by atoms with E-state index in [4.69, 9.17) is 5.73 Å². The fraction of sp³-hybridized carbons (Fsp3) is 0.250. The molecule has 4 rings (SSSR count). The van der Waals surface area contributed by atoms with Gasteiger partial charge in [0, 0.05) is 61.6 Å². The van der Waals surface area contributed by atoms with Crippen molar-refractivity contribution < 1.29 is 9.90 Å². The number of piperazine rings is 1. The van der Waals surface area contributed by atoms with Crippen LogP contribution in [0.5, 0.6) is 0 Å². The first-order valence-corrected chi connectivity index (χ1v) is 9.51. The first-order valence-electron chi connectivity index (χ1n) is 9.51. The summed E-state index contributed by atoms with van der Waals surface area (Å²) in [5.74, 6) is 1.91. The van der Waals surface area contributed by atoms with Crippen LogP contribution in [0, 0.1) is 0 Å². The van der Waals surface area contributed by atoms with Gasteiger partial charge < -0.3 is 26.0 Å². The maximum absolute atomic E-state index is 11.2. The molecule has 1 amide bonds. The van der Waals surface area contributed by atoms with Crippen LogP contribution in [0.3, 0.4) is 0 Å². The molecule has 1 saturated heterocycles. The Morgan fingerprint density at radius 3 is 2.77 bits per heavy atom. The van der Waals surface area contributed by atoms with Gasteiger partial charge in [0.15, 0.2) is 0 Å². The molecule has 1 aliphatic heterocycles. The SMILES string of the molecule is C[C@H]1CN(C(=O)O)CCN1c1cc(-c2cc(N)cc(Nc3cnccn3)n2)ccn1. The highest BCUT2D eigenvalue weighted by molar-refractivity contribution is 5.70. The van der Waals surface area contributed by atoms with Crippen molar-refractivity contribution in [1.82, 2.24) is 24.8 Å². The summed E-state index contributed by atoms with van der Waals surface area (Å²) in [5, 5.41) is 12.3. The Labute approximate surface area is 173 Å². The van der Waals surface area contributed by atoms with Gasteiger partial charge in [-0.2, -0.15) is 0 Å². The Hall–Kier alpha value is -3.95. The van der Waals surface area contributed by atoms with E-state index in [9.17, 15) is 9.90 Å². The fourth-order valence-electron chi connectivity index (χ4n) is 3.47. The van der Waals surface area contributed by atoms with Gasteiger partial charge in [-0.25, -0.2) is 19.7 Å². The summed E-state index contributed by atoms with van der Waals surface area (Å²) in [6, 6.07) is 7.36. The van der Waals surface area contributed by atoms with Crippen molar-refractivity contribution in [2.24, 2.45) is 0 Å². The molecule has 0 aliphatic carbocycles. The number of amides is 1. The van der Waals surface area contributed by atoms with Crippen LogP contribution in [-0.4, -0.2) is 61.7 Å². The van der Waals surface area contributed by atoms with Gasteiger partial charge in [0.25, 0.3) is 0 Å². The van der Waals surface area contributed by atoms with Crippen molar-refractivity contribution in [3.05, 3.63) is 49.1 Å². The molecule has 3 aromatic heterocycles. The molecule has 0 spiro atoms. The first kappa shape index (κ1) is 19.4. The zero-order valence-corrected chi connectivity index (χ0v) is 16.4. The third-order valence-electron chi connectivity index (χ3n) is 4.90. The van der Waals surface area contributed by atoms with Crippen molar-refractivity contribution in [2.45, 2.75) is 13.0 Å². The number of hydrogen-bond acceptors (Lipinski definition) is 8. The molecule has 154 valence electrons. The van der Waals surface area contributed by atoms with Crippen molar-refractivity contribution in [1.29, 1.82) is 0 Å². The number of nitrogens with zero attached hydrogens (tertiary/aromatic N) is 6. The molecule has 1 aliphatic rings. The molecule has 10 heteroatoms. The summed E-state index contributed by atoms with van der Waals surface area (Å²) in [7, 11) is 0. The van der Waals surface area contributed by atoms with Crippen LogP contribution in [0.25, 0.3) is 11.3 Å². The minimum absolute atomic E-state index is 0.0142. The van der Waals surface area contributed by atoms with Gasteiger partial charge in [-0.15, -0.1) is 0 Å². The summed E-state index contributed by atoms with van der Waals surface area (Å²) >= 11 is 0. The fourth-order valence-corrected chi connectivity index (χ4v) is 3.47. The number of rotatable bonds is 4. The zero-order chi connectivity index (χ0) is 21.1. The van der Waals surface area contributed by atoms with E-state index in [2.05, 4.69) is 30.2 Å². The molecule has 1 atom stereocenters. The Kier molecular flexibility index (Phi) is 5.29. The van der Waals surface area contributed by atoms with Gasteiger partial charge in [-0.3, -0.25) is 4.98 Å². The largest absolute Gasteiger partial charge is 0.465 e. The number of nitrogens with two attached hydrogens (primary N) is 1. The molecule has 4 heterocycles. The van der Waals surface area contributed by atoms with E-state index in [0.29, 0.717) is 42.7 Å². The zero-order valence-electron chi connectivity index (χ0n) is 16.4. The van der Waals surface area contributed by atoms with E-state index in [1.807, 2.05) is 19.1 Å². The minimum atomic E-state index is -0.893. The van der Waals surface area contributed by atoms with Crippen LogP contribution in [0.1, 0.15) is 6.92 Å². The summed E-state index contributed by atoms with van der Waals surface area (Å²) in [5.41, 5.74) is 8.22. The van der Waals surface area contributed by atoms with Crippen LogP contribution >= 0.6 is 0 Å². The average molecular weight is 406 g/mol. The van der Waals surface area contributed by atoms with Gasteiger partial charge in [0.2, 0.25) is 0 Å². The van der Waals surface area contributed by atoms with E-state index in [-0.39, 0.29) is 6.04 Å². The number of carboxylic acid groups (broad SMARTS) is 1. The molecule has 3 aromatic rings. The maximum atomic E-state index is 11.2. The van der Waals surface area contributed by atoms with E-state index in [1.54, 1.807) is 36.9 Å². The molecule has 0 aromatic carbocycles. The number of carbonyl (C=O) groups is 1. The molecule has 30 heavy (non-hydrogen) atoms. The number of hydrogen-bond donors (Lipinski definition) is 3. The van der Waals surface area contributed by atoms with E-state index in [0.717, 1.165) is 11.4 Å². The second-order valence-electron chi connectivity index (χ2n) is 7.06. The lowest BCUT2D eigenvalue weighted by Gasteiger charge is -2.39. The van der Waals surface area contributed by atoms with E-state index in [1.165, 1.54) is 4.90 Å². The van der Waals surface area contributed by atoms with Crippen molar-refractivity contribution in [2.75, 3.05) is 35.6 Å². The average Bonchev–Trinajstić information content (AvgIpc) is 2.74. The lowest BCUT2D eigenvalue weighted by atomic mass is 10.1. The Balaban J connectivity index is 1.59. The van der Waals surface area contributed by atoms with E-state index >= 15 is 0 Å². The normalized spacial score (nSPS) is 16.4. The monoisotopic (exact) mass is 406 g/mol. The summed E-state index contributed by atoms with van der Waals surface area (Å²) in [4.78, 5) is 32.1. The number of pyridine rings is 2. The van der Waals surface area contributed by atoms with Crippen LogP contribution in [0.4, 0.5) is 27.9 Å². The van der Waals surface area contributed by atoms with Crippen molar-refractivity contribution in [3.63, 3.8) is 0 Å². The van der Waals surface area contributed by atoms with Crippen LogP contribution in [0.2, 0.25) is 0 Å². The lowest BCUT2D eigenvalue weighted by molar-refractivity contribution is 0.136. The van der Waals surface area contributed by atoms with E-state index < -0.39 is 6.09 Å². The molecule has 0 radical (unpaired) electrons. The quantitative estimate of drug-likeness (QED) is 0.597. The Morgan fingerprint density at radius 2 is 2.03 bits per heavy atom. The summed E-state index contributed by atoms with van der Waals surface area (Å²) in [6.45, 7) is 3.44. The van der Waals surface area contributed by atoms with Crippen LogP contribution in [-0.2, 0) is 0 Å². The van der Waals surface area contributed by atoms with Gasteiger partial charge in [0.1, 0.15) is 17.5 Å². The van der Waals surface area contributed by atoms with Gasteiger partial charge >= 0.3 is 6.09 Å². The third-order valence-corrected chi connectivity index (χ3v) is 4.90. The Morgan fingerprint density at radius 1 is 1.17 bits per heavy atom. The second kappa shape index (κ2) is 8.19. The lowest BCUT2D eigenvalue weighted by Crippen LogP contribution is -2.53. The van der Waals surface area contributed by atoms with Crippen LogP contribution < -0.4 is 16.0 Å². The number of nitrogen functional groups attached to an aromatic ring is 1. The predicted molar refractivity (Wildman–Crippen MR) is 114 cm³/mol. The topological polar surface area (TPSA) is 133 Å². The standard InChI is InChI=1S/C20H22N8O2/c1-13-12-27(20(29)30)6-7-28(13)19-8-14(2-3-24-19)16-9-15(21)10-17(25-16)26-18-11-22-4-5-23-18/h2-5,8-11,13H,6-7,12H2,1H3,(H,29,30)(H3,21,23,25,26)/t13-/m0/s1. The number of nitrogens with one attached hydrogen (secondary N) is 1. The van der Waals surface area contributed by atoms with Crippen molar-refractivity contribution in [3.8, 4) is 11.3 Å². The summed E-state index contributed by atoms with van der Waals surface area (Å²) in [6.07, 6.45) is 5.62. The second-order valence-corrected chi connectivity index (χ2v) is 7.06. The number of aromatic nitrogens is 4. The highest BCUT2D eigenvalue weighted by atomic mass is 16.4. The smallest absolute Gasteiger partial charge is 0.407 e. The molecular formula is C20H22N8O2. The molecule has 0 bridgehead atoms. The molecule has 4 N–H and O–H groups in total. The van der Waals surface area contributed by atoms with Crippen LogP contribution in [0.15, 0.2) is 49.1 Å². The van der Waals surface area contributed by atoms with Gasteiger partial charge in [-0.05, 0) is 25.1 Å². The molecular weight excluding hydrogens is 384 g/mol. The van der Waals surface area contributed by atoms with Gasteiger partial charge in [-0.1, -0.05) is 0 Å². The summed E-state index contributed by atoms with van der Waals surface area (Å²) < 4.78 is 0. The highest BCUT2D eigenvalue weighted by Gasteiger charge is 2.27. The third kappa shape index (κ3) is 4.22. The minimum Gasteiger partial charge on any atom is -0.465 e. The van der Waals surface area contributed by atoms with Crippen molar-refractivity contribution >= 4 is 29.2 Å². The maximum Gasteiger partial charge on any atom is 0.407 e. The molecule has 0 saturated carbocycles.